The third-order valence-electron chi connectivity index (χ3n) is 3.92. The topological polar surface area (TPSA) is 80.5 Å². The molecule has 0 radical (unpaired) electrons. The van der Waals surface area contributed by atoms with Crippen LogP contribution < -0.4 is 10.6 Å². The summed E-state index contributed by atoms with van der Waals surface area (Å²) in [6, 6.07) is 9.85. The Kier molecular flexibility index (Phi) is 8.54. The van der Waals surface area contributed by atoms with Crippen molar-refractivity contribution in [3.8, 4) is 6.07 Å². The Morgan fingerprint density at radius 3 is 2.96 bits per heavy atom. The highest BCUT2D eigenvalue weighted by Gasteiger charge is 2.25. The van der Waals surface area contributed by atoms with Gasteiger partial charge in [0.15, 0.2) is 5.96 Å². The minimum atomic E-state index is 0. The minimum Gasteiger partial charge on any atom is -0.352 e. The first kappa shape index (κ1) is 20.2. The molecule has 0 spiro atoms. The number of nitrogens with zero attached hydrogens (tertiary/aromatic N) is 3. The van der Waals surface area contributed by atoms with Gasteiger partial charge in [0.25, 0.3) is 0 Å². The van der Waals surface area contributed by atoms with Gasteiger partial charge in [-0.25, -0.2) is 0 Å². The first-order chi connectivity index (χ1) is 11.2. The number of hydrogen-bond acceptors (Lipinski definition) is 3. The van der Waals surface area contributed by atoms with Crippen molar-refractivity contribution in [2.75, 3.05) is 20.1 Å². The molecule has 1 aromatic rings. The van der Waals surface area contributed by atoms with Crippen LogP contribution in [0.1, 0.15) is 30.9 Å². The molecule has 1 aromatic carbocycles. The Bertz CT molecular complexity index is 626. The van der Waals surface area contributed by atoms with Gasteiger partial charge in [-0.05, 0) is 24.1 Å². The molecule has 1 saturated heterocycles. The van der Waals surface area contributed by atoms with Crippen molar-refractivity contribution < 1.29 is 4.79 Å². The quantitative estimate of drug-likeness (QED) is 0.425. The molecule has 6 nitrogen and oxygen atoms in total. The van der Waals surface area contributed by atoms with Crippen LogP contribution in [0.5, 0.6) is 0 Å². The summed E-state index contributed by atoms with van der Waals surface area (Å²) in [6.07, 6.45) is 1.48. The summed E-state index contributed by atoms with van der Waals surface area (Å²) in [5.74, 6) is 0.911. The lowest BCUT2D eigenvalue weighted by Gasteiger charge is -2.18. The fourth-order valence-corrected chi connectivity index (χ4v) is 2.65. The molecule has 0 aliphatic carbocycles. The van der Waals surface area contributed by atoms with Crippen LogP contribution in [0, 0.1) is 11.3 Å². The van der Waals surface area contributed by atoms with E-state index in [-0.39, 0.29) is 35.9 Å². The highest BCUT2D eigenvalue weighted by atomic mass is 127. The van der Waals surface area contributed by atoms with E-state index in [1.54, 1.807) is 13.1 Å². The van der Waals surface area contributed by atoms with Crippen LogP contribution in [0.25, 0.3) is 0 Å². The van der Waals surface area contributed by atoms with Crippen LogP contribution in [-0.4, -0.2) is 42.9 Å². The third kappa shape index (κ3) is 5.67. The van der Waals surface area contributed by atoms with Gasteiger partial charge in [0.05, 0.1) is 11.6 Å². The van der Waals surface area contributed by atoms with E-state index in [0.717, 1.165) is 25.1 Å². The fraction of sp³-hybridized carbons (Fsp3) is 0.471. The van der Waals surface area contributed by atoms with Gasteiger partial charge in [0.1, 0.15) is 0 Å². The van der Waals surface area contributed by atoms with E-state index >= 15 is 0 Å². The molecular formula is C17H24IN5O. The predicted molar refractivity (Wildman–Crippen MR) is 105 cm³/mol. The molecule has 1 unspecified atom stereocenters. The molecule has 2 rings (SSSR count). The van der Waals surface area contributed by atoms with Crippen molar-refractivity contribution in [2.45, 2.75) is 32.4 Å². The van der Waals surface area contributed by atoms with E-state index in [9.17, 15) is 4.79 Å². The van der Waals surface area contributed by atoms with E-state index < -0.39 is 0 Å². The maximum absolute atomic E-state index is 11.7. The lowest BCUT2D eigenvalue weighted by atomic mass is 10.1. The summed E-state index contributed by atoms with van der Waals surface area (Å²) in [6.45, 7) is 4.00. The summed E-state index contributed by atoms with van der Waals surface area (Å²) in [4.78, 5) is 17.8. The first-order valence-corrected chi connectivity index (χ1v) is 7.90. The summed E-state index contributed by atoms with van der Waals surface area (Å²) in [7, 11) is 1.73. The van der Waals surface area contributed by atoms with E-state index in [2.05, 4.69) is 21.7 Å². The molecule has 1 aliphatic heterocycles. The van der Waals surface area contributed by atoms with Crippen LogP contribution in [0.2, 0.25) is 0 Å². The van der Waals surface area contributed by atoms with Crippen LogP contribution in [0.3, 0.4) is 0 Å². The molecule has 1 aliphatic rings. The molecule has 0 saturated carbocycles. The number of rotatable bonds is 4. The Hall–Kier alpha value is -1.82. The molecular weight excluding hydrogens is 417 g/mol. The zero-order valence-electron chi connectivity index (χ0n) is 14.1. The van der Waals surface area contributed by atoms with Gasteiger partial charge >= 0.3 is 0 Å². The molecule has 24 heavy (non-hydrogen) atoms. The second-order valence-electron chi connectivity index (χ2n) is 5.56. The van der Waals surface area contributed by atoms with E-state index in [4.69, 9.17) is 5.26 Å². The largest absolute Gasteiger partial charge is 0.352 e. The number of halogens is 1. The normalized spacial score (nSPS) is 17.0. The van der Waals surface area contributed by atoms with Crippen LogP contribution >= 0.6 is 24.0 Å². The fourth-order valence-electron chi connectivity index (χ4n) is 2.65. The lowest BCUT2D eigenvalue weighted by molar-refractivity contribution is -0.129. The molecule has 1 heterocycles. The van der Waals surface area contributed by atoms with Crippen molar-refractivity contribution in [1.82, 2.24) is 15.5 Å². The Labute approximate surface area is 160 Å². The number of carbonyl (C=O) groups is 1. The standard InChI is InChI=1S/C17H23N5O.HI/c1-3-16(23)22-8-7-15(12-22)21-17(19-2)20-11-14-6-4-5-13(9-14)10-18;/h4-6,9,15H,3,7-8,11-12H2,1-2H3,(H2,19,20,21);1H. The third-order valence-corrected chi connectivity index (χ3v) is 3.92. The Morgan fingerprint density at radius 2 is 2.29 bits per heavy atom. The van der Waals surface area contributed by atoms with Crippen LogP contribution in [-0.2, 0) is 11.3 Å². The molecule has 7 heteroatoms. The van der Waals surface area contributed by atoms with E-state index in [1.165, 1.54) is 0 Å². The average Bonchev–Trinajstić information content (AvgIpc) is 3.06. The summed E-state index contributed by atoms with van der Waals surface area (Å²) in [5, 5.41) is 15.5. The average molecular weight is 441 g/mol. The SMILES string of the molecule is CCC(=O)N1CCC(NC(=NC)NCc2cccc(C#N)c2)C1.I. The summed E-state index contributed by atoms with van der Waals surface area (Å²) >= 11 is 0. The predicted octanol–water partition coefficient (Wildman–Crippen LogP) is 1.85. The smallest absolute Gasteiger partial charge is 0.222 e. The zero-order valence-corrected chi connectivity index (χ0v) is 16.4. The monoisotopic (exact) mass is 441 g/mol. The molecule has 2 N–H and O–H groups in total. The van der Waals surface area contributed by atoms with Gasteiger partial charge in [-0.1, -0.05) is 19.1 Å². The second kappa shape index (κ2) is 10.1. The van der Waals surface area contributed by atoms with Crippen LogP contribution in [0.4, 0.5) is 0 Å². The first-order valence-electron chi connectivity index (χ1n) is 7.90. The second-order valence-corrected chi connectivity index (χ2v) is 5.56. The number of guanidine groups is 1. The highest BCUT2D eigenvalue weighted by molar-refractivity contribution is 14.0. The van der Waals surface area contributed by atoms with Gasteiger partial charge < -0.3 is 15.5 Å². The van der Waals surface area contributed by atoms with Gasteiger partial charge in [-0.2, -0.15) is 5.26 Å². The number of benzene rings is 1. The molecule has 0 aromatic heterocycles. The summed E-state index contributed by atoms with van der Waals surface area (Å²) < 4.78 is 0. The lowest BCUT2D eigenvalue weighted by Crippen LogP contribution is -2.44. The highest BCUT2D eigenvalue weighted by Crippen LogP contribution is 2.10. The van der Waals surface area contributed by atoms with E-state index in [1.807, 2.05) is 30.0 Å². The minimum absolute atomic E-state index is 0. The molecule has 1 fully saturated rings. The number of likely N-dealkylation sites (tertiary alicyclic amines) is 1. The van der Waals surface area contributed by atoms with Crippen molar-refractivity contribution in [1.29, 1.82) is 5.26 Å². The maximum atomic E-state index is 11.7. The summed E-state index contributed by atoms with van der Waals surface area (Å²) in [5.41, 5.74) is 1.68. The number of amides is 1. The number of nitriles is 1. The number of carbonyl (C=O) groups excluding carboxylic acids is 1. The van der Waals surface area contributed by atoms with Crippen LogP contribution in [0.15, 0.2) is 29.3 Å². The molecule has 1 amide bonds. The van der Waals surface area contributed by atoms with Gasteiger partial charge in [0.2, 0.25) is 5.91 Å². The number of hydrogen-bond donors (Lipinski definition) is 2. The van der Waals surface area contributed by atoms with Gasteiger partial charge in [0, 0.05) is 39.1 Å². The number of nitrogens with one attached hydrogen (secondary N) is 2. The van der Waals surface area contributed by atoms with Gasteiger partial charge in [-0.15, -0.1) is 24.0 Å². The van der Waals surface area contributed by atoms with Crippen molar-refractivity contribution in [3.05, 3.63) is 35.4 Å². The van der Waals surface area contributed by atoms with Crippen molar-refractivity contribution in [2.24, 2.45) is 4.99 Å². The molecule has 130 valence electrons. The van der Waals surface area contributed by atoms with Crippen molar-refractivity contribution in [3.63, 3.8) is 0 Å². The van der Waals surface area contributed by atoms with Crippen molar-refractivity contribution >= 4 is 35.8 Å². The molecule has 0 bridgehead atoms. The number of aliphatic imine (C=N–C) groups is 1. The Balaban J connectivity index is 0.00000288. The van der Waals surface area contributed by atoms with E-state index in [0.29, 0.717) is 24.5 Å². The Morgan fingerprint density at radius 1 is 1.50 bits per heavy atom. The zero-order chi connectivity index (χ0) is 16.7. The maximum Gasteiger partial charge on any atom is 0.222 e. The molecule has 1 atom stereocenters. The van der Waals surface area contributed by atoms with Gasteiger partial charge in [-0.3, -0.25) is 9.79 Å².